The summed E-state index contributed by atoms with van der Waals surface area (Å²) in [7, 11) is 0. The number of rotatable bonds is 5. The monoisotopic (exact) mass is 386 g/mol. The molecule has 1 saturated heterocycles. The number of carbonyl (C=O) groups is 3. The van der Waals surface area contributed by atoms with E-state index in [4.69, 9.17) is 0 Å². The highest BCUT2D eigenvalue weighted by atomic mass is 32.2. The molecule has 0 aromatic heterocycles. The third-order valence-corrected chi connectivity index (χ3v) is 4.69. The lowest BCUT2D eigenvalue weighted by atomic mass is 10.2. The summed E-state index contributed by atoms with van der Waals surface area (Å²) in [5.74, 6) is -2.43. The van der Waals surface area contributed by atoms with Gasteiger partial charge in [-0.25, -0.2) is 9.38 Å². The van der Waals surface area contributed by atoms with Crippen LogP contribution in [0.1, 0.15) is 16.8 Å². The number of thioether (sulfide) groups is 1. The molecule has 0 radical (unpaired) electrons. The number of amidine groups is 1. The van der Waals surface area contributed by atoms with E-state index in [1.165, 1.54) is 48.5 Å². The molecule has 1 fully saturated rings. The minimum Gasteiger partial charge on any atom is -0.545 e. The molecule has 7 nitrogen and oxygen atoms in total. The van der Waals surface area contributed by atoms with Crippen LogP contribution in [0.2, 0.25) is 0 Å². The minimum atomic E-state index is -1.29. The third kappa shape index (κ3) is 4.91. The Morgan fingerprint density at radius 2 is 1.81 bits per heavy atom. The Morgan fingerprint density at radius 1 is 1.15 bits per heavy atom. The Balaban J connectivity index is 1.60. The fraction of sp³-hybridized carbons (Fsp3) is 0.111. The van der Waals surface area contributed by atoms with Crippen LogP contribution in [-0.2, 0) is 9.59 Å². The summed E-state index contributed by atoms with van der Waals surface area (Å²) in [6.07, 6.45) is -0.0729. The van der Waals surface area contributed by atoms with Crippen molar-refractivity contribution in [2.24, 2.45) is 4.99 Å². The van der Waals surface area contributed by atoms with Crippen molar-refractivity contribution in [3.05, 3.63) is 59.9 Å². The third-order valence-electron chi connectivity index (χ3n) is 3.61. The van der Waals surface area contributed by atoms with Crippen LogP contribution in [0.3, 0.4) is 0 Å². The van der Waals surface area contributed by atoms with Crippen LogP contribution in [0.25, 0.3) is 0 Å². The molecule has 1 atom stereocenters. The number of hydrogen-bond donors (Lipinski definition) is 2. The molecule has 0 bridgehead atoms. The van der Waals surface area contributed by atoms with E-state index in [1.54, 1.807) is 0 Å². The number of aliphatic imine (C=N–C) groups is 1. The highest BCUT2D eigenvalue weighted by Gasteiger charge is 2.32. The molecular weight excluding hydrogens is 373 g/mol. The van der Waals surface area contributed by atoms with Gasteiger partial charge in [-0.05, 0) is 42.0 Å². The Hall–Kier alpha value is -3.20. The maximum absolute atomic E-state index is 12.9. The predicted molar refractivity (Wildman–Crippen MR) is 97.0 cm³/mol. The number of halogens is 1. The smallest absolute Gasteiger partial charge is 0.240 e. The van der Waals surface area contributed by atoms with Gasteiger partial charge >= 0.3 is 0 Å². The van der Waals surface area contributed by atoms with E-state index in [1.807, 2.05) is 0 Å². The van der Waals surface area contributed by atoms with Gasteiger partial charge in [0, 0.05) is 12.1 Å². The van der Waals surface area contributed by atoms with Gasteiger partial charge < -0.3 is 20.5 Å². The van der Waals surface area contributed by atoms with Gasteiger partial charge in [-0.2, -0.15) is 0 Å². The summed E-state index contributed by atoms with van der Waals surface area (Å²) in [6.45, 7) is 0. The van der Waals surface area contributed by atoms with E-state index in [2.05, 4.69) is 15.6 Å². The first-order valence-corrected chi connectivity index (χ1v) is 8.72. The molecule has 9 heteroatoms. The summed E-state index contributed by atoms with van der Waals surface area (Å²) in [4.78, 5) is 39.0. The predicted octanol–water partition coefficient (Wildman–Crippen LogP) is 1.44. The Bertz CT molecular complexity index is 913. The lowest BCUT2D eigenvalue weighted by Crippen LogP contribution is -2.28. The SMILES string of the molecule is O=C(C[C@H]1SC(=Nc2ccc(C(=O)[O-])cc2)NC1=O)Nc1ccc(F)cc1. The summed E-state index contributed by atoms with van der Waals surface area (Å²) < 4.78 is 12.9. The highest BCUT2D eigenvalue weighted by molar-refractivity contribution is 8.15. The van der Waals surface area contributed by atoms with Gasteiger partial charge in [0.25, 0.3) is 0 Å². The largest absolute Gasteiger partial charge is 0.545 e. The van der Waals surface area contributed by atoms with Gasteiger partial charge in [0.1, 0.15) is 11.1 Å². The van der Waals surface area contributed by atoms with Crippen molar-refractivity contribution in [3.8, 4) is 0 Å². The van der Waals surface area contributed by atoms with E-state index in [0.29, 0.717) is 16.5 Å². The van der Waals surface area contributed by atoms with E-state index in [-0.39, 0.29) is 23.8 Å². The van der Waals surface area contributed by atoms with Crippen LogP contribution in [0.15, 0.2) is 53.5 Å². The number of carboxylic acids is 1. The van der Waals surface area contributed by atoms with Crippen molar-refractivity contribution in [2.45, 2.75) is 11.7 Å². The molecule has 2 N–H and O–H groups in total. The molecule has 2 amide bonds. The van der Waals surface area contributed by atoms with Crippen molar-refractivity contribution >= 4 is 46.1 Å². The lowest BCUT2D eigenvalue weighted by molar-refractivity contribution is -0.255. The number of aromatic carboxylic acids is 1. The second kappa shape index (κ2) is 8.00. The Morgan fingerprint density at radius 3 is 2.44 bits per heavy atom. The molecule has 3 rings (SSSR count). The van der Waals surface area contributed by atoms with Gasteiger partial charge in [0.15, 0.2) is 5.17 Å². The molecule has 0 saturated carbocycles. The number of anilines is 1. The standard InChI is InChI=1S/C18H14FN3O4S/c19-11-3-7-12(8-4-11)20-15(23)9-14-16(24)22-18(27-14)21-13-5-1-10(2-6-13)17(25)26/h1-8,14H,9H2,(H,20,23)(H,25,26)(H,21,22,24)/p-1/t14-/m1/s1. The zero-order valence-corrected chi connectivity index (χ0v) is 14.6. The van der Waals surface area contributed by atoms with Gasteiger partial charge in [0.2, 0.25) is 11.8 Å². The first-order valence-electron chi connectivity index (χ1n) is 7.84. The Labute approximate surface area is 157 Å². The number of benzene rings is 2. The van der Waals surface area contributed by atoms with Crippen LogP contribution in [0.4, 0.5) is 15.8 Å². The summed E-state index contributed by atoms with van der Waals surface area (Å²) in [6, 6.07) is 11.0. The first-order chi connectivity index (χ1) is 12.9. The molecular formula is C18H13FN3O4S-. The number of carboxylic acid groups (broad SMARTS) is 1. The van der Waals surface area contributed by atoms with Crippen LogP contribution in [0, 0.1) is 5.82 Å². The highest BCUT2D eigenvalue weighted by Crippen LogP contribution is 2.25. The number of amides is 2. The summed E-state index contributed by atoms with van der Waals surface area (Å²) in [5.41, 5.74) is 0.920. The van der Waals surface area contributed by atoms with E-state index in [0.717, 1.165) is 11.8 Å². The van der Waals surface area contributed by atoms with Crippen molar-refractivity contribution < 1.29 is 23.9 Å². The molecule has 0 spiro atoms. The van der Waals surface area contributed by atoms with E-state index >= 15 is 0 Å². The normalized spacial score (nSPS) is 17.6. The van der Waals surface area contributed by atoms with Crippen LogP contribution >= 0.6 is 11.8 Å². The molecule has 138 valence electrons. The van der Waals surface area contributed by atoms with Gasteiger partial charge in [-0.1, -0.05) is 23.9 Å². The van der Waals surface area contributed by atoms with E-state index < -0.39 is 17.0 Å². The molecule has 27 heavy (non-hydrogen) atoms. The summed E-state index contributed by atoms with van der Waals surface area (Å²) >= 11 is 1.11. The zero-order chi connectivity index (χ0) is 19.4. The van der Waals surface area contributed by atoms with Crippen molar-refractivity contribution in [2.75, 3.05) is 5.32 Å². The number of nitrogens with one attached hydrogen (secondary N) is 2. The average molecular weight is 386 g/mol. The average Bonchev–Trinajstić information content (AvgIpc) is 2.96. The quantitative estimate of drug-likeness (QED) is 0.808. The number of nitrogens with zero attached hydrogens (tertiary/aromatic N) is 1. The van der Waals surface area contributed by atoms with E-state index in [9.17, 15) is 23.9 Å². The fourth-order valence-electron chi connectivity index (χ4n) is 2.30. The molecule has 0 unspecified atom stereocenters. The topological polar surface area (TPSA) is 111 Å². The van der Waals surface area contributed by atoms with Gasteiger partial charge in [0.05, 0.1) is 11.7 Å². The lowest BCUT2D eigenvalue weighted by Gasteiger charge is -2.07. The second-order valence-electron chi connectivity index (χ2n) is 5.61. The molecule has 1 heterocycles. The van der Waals surface area contributed by atoms with Crippen molar-refractivity contribution in [1.29, 1.82) is 0 Å². The van der Waals surface area contributed by atoms with Gasteiger partial charge in [-0.15, -0.1) is 0 Å². The van der Waals surface area contributed by atoms with Crippen LogP contribution in [0.5, 0.6) is 0 Å². The molecule has 1 aliphatic rings. The summed E-state index contributed by atoms with van der Waals surface area (Å²) in [5, 5.41) is 15.6. The number of hydrogen-bond acceptors (Lipinski definition) is 6. The Kier molecular flexibility index (Phi) is 5.51. The van der Waals surface area contributed by atoms with Crippen LogP contribution < -0.4 is 15.7 Å². The molecule has 2 aromatic rings. The maximum Gasteiger partial charge on any atom is 0.240 e. The van der Waals surface area contributed by atoms with Crippen molar-refractivity contribution in [1.82, 2.24) is 5.32 Å². The van der Waals surface area contributed by atoms with Crippen LogP contribution in [-0.4, -0.2) is 28.2 Å². The zero-order valence-electron chi connectivity index (χ0n) is 13.8. The van der Waals surface area contributed by atoms with Crippen molar-refractivity contribution in [3.63, 3.8) is 0 Å². The molecule has 0 aliphatic carbocycles. The fourth-order valence-corrected chi connectivity index (χ4v) is 3.28. The maximum atomic E-state index is 12.9. The minimum absolute atomic E-state index is 0.0254. The van der Waals surface area contributed by atoms with Gasteiger partial charge in [-0.3, -0.25) is 9.59 Å². The first kappa shape index (κ1) is 18.6. The molecule has 1 aliphatic heterocycles. The second-order valence-corrected chi connectivity index (χ2v) is 6.80. The molecule has 2 aromatic carbocycles. The number of carbonyl (C=O) groups excluding carboxylic acids is 3.